The SMILES string of the molecule is O=C(NCC1(CCl)CCCCC1)c1cc(Br)c(Br)s1. The van der Waals surface area contributed by atoms with E-state index in [4.69, 9.17) is 11.6 Å². The van der Waals surface area contributed by atoms with Crippen LogP contribution in [0.3, 0.4) is 0 Å². The third kappa shape index (κ3) is 3.96. The summed E-state index contributed by atoms with van der Waals surface area (Å²) in [5.74, 6) is 0.622. The molecule has 0 unspecified atom stereocenters. The van der Waals surface area contributed by atoms with Crippen molar-refractivity contribution in [2.45, 2.75) is 32.1 Å². The number of thiophene rings is 1. The van der Waals surface area contributed by atoms with Crippen molar-refractivity contribution in [2.24, 2.45) is 5.41 Å². The fraction of sp³-hybridized carbons (Fsp3) is 0.615. The van der Waals surface area contributed by atoms with Gasteiger partial charge < -0.3 is 5.32 Å². The average molecular weight is 430 g/mol. The number of amides is 1. The van der Waals surface area contributed by atoms with Crippen LogP contribution in [0, 0.1) is 5.41 Å². The predicted octanol–water partition coefficient (Wildman–Crippen LogP) is 5.19. The van der Waals surface area contributed by atoms with Crippen LogP contribution in [0.15, 0.2) is 14.3 Å². The molecule has 0 aromatic carbocycles. The number of hydrogen-bond acceptors (Lipinski definition) is 2. The number of rotatable bonds is 4. The third-order valence-corrected chi connectivity index (χ3v) is 7.51. The summed E-state index contributed by atoms with van der Waals surface area (Å²) in [6.07, 6.45) is 5.97. The Balaban J connectivity index is 1.95. The second kappa shape index (κ2) is 6.92. The van der Waals surface area contributed by atoms with Crippen LogP contribution in [0.5, 0.6) is 0 Å². The van der Waals surface area contributed by atoms with Crippen LogP contribution in [0.25, 0.3) is 0 Å². The van der Waals surface area contributed by atoms with Crippen molar-refractivity contribution in [3.63, 3.8) is 0 Å². The van der Waals surface area contributed by atoms with Crippen molar-refractivity contribution in [1.29, 1.82) is 0 Å². The molecule has 19 heavy (non-hydrogen) atoms. The first-order valence-corrected chi connectivity index (χ1v) is 9.29. The van der Waals surface area contributed by atoms with Gasteiger partial charge in [0, 0.05) is 22.3 Å². The molecule has 0 atom stereocenters. The second-order valence-corrected chi connectivity index (χ2v) is 8.60. The minimum atomic E-state index is -0.00790. The summed E-state index contributed by atoms with van der Waals surface area (Å²) in [6.45, 7) is 0.683. The lowest BCUT2D eigenvalue weighted by atomic mass is 9.75. The van der Waals surface area contributed by atoms with Gasteiger partial charge in [-0.1, -0.05) is 19.3 Å². The quantitative estimate of drug-likeness (QED) is 0.656. The van der Waals surface area contributed by atoms with Crippen molar-refractivity contribution >= 4 is 60.7 Å². The van der Waals surface area contributed by atoms with Crippen LogP contribution < -0.4 is 5.32 Å². The molecule has 1 saturated carbocycles. The second-order valence-electron chi connectivity index (χ2n) is 5.11. The highest BCUT2D eigenvalue weighted by molar-refractivity contribution is 9.13. The minimum Gasteiger partial charge on any atom is -0.351 e. The van der Waals surface area contributed by atoms with E-state index in [9.17, 15) is 4.79 Å². The van der Waals surface area contributed by atoms with Crippen LogP contribution in [0.2, 0.25) is 0 Å². The Hall–Kier alpha value is 0.420. The molecule has 106 valence electrons. The molecule has 1 aromatic heterocycles. The fourth-order valence-corrected chi connectivity index (χ4v) is 4.79. The standard InChI is InChI=1S/C13H16Br2ClNOS/c14-9-6-10(19-11(9)15)12(18)17-8-13(7-16)4-2-1-3-5-13/h6H,1-5,7-8H2,(H,17,18). The topological polar surface area (TPSA) is 29.1 Å². The van der Waals surface area contributed by atoms with Gasteiger partial charge in [-0.05, 0) is 50.8 Å². The summed E-state index contributed by atoms with van der Waals surface area (Å²) in [6, 6.07) is 1.85. The zero-order chi connectivity index (χ0) is 13.9. The van der Waals surface area contributed by atoms with Crippen LogP contribution >= 0.6 is 54.8 Å². The van der Waals surface area contributed by atoms with Gasteiger partial charge in [0.05, 0.1) is 8.66 Å². The molecule has 1 fully saturated rings. The van der Waals surface area contributed by atoms with Crippen molar-refractivity contribution in [3.05, 3.63) is 19.2 Å². The summed E-state index contributed by atoms with van der Waals surface area (Å²) in [4.78, 5) is 12.8. The van der Waals surface area contributed by atoms with Crippen molar-refractivity contribution in [3.8, 4) is 0 Å². The third-order valence-electron chi connectivity index (χ3n) is 3.69. The molecule has 2 nitrogen and oxygen atoms in total. The van der Waals surface area contributed by atoms with Crippen LogP contribution in [-0.4, -0.2) is 18.3 Å². The number of nitrogens with one attached hydrogen (secondary N) is 1. The normalized spacial score (nSPS) is 18.3. The lowest BCUT2D eigenvalue weighted by Gasteiger charge is -2.35. The van der Waals surface area contributed by atoms with Crippen LogP contribution in [0.4, 0.5) is 0 Å². The molecule has 1 aliphatic carbocycles. The number of hydrogen-bond donors (Lipinski definition) is 1. The van der Waals surface area contributed by atoms with E-state index in [0.29, 0.717) is 12.4 Å². The highest BCUT2D eigenvalue weighted by Gasteiger charge is 2.31. The highest BCUT2D eigenvalue weighted by atomic mass is 79.9. The minimum absolute atomic E-state index is 0.00790. The molecule has 0 saturated heterocycles. The zero-order valence-electron chi connectivity index (χ0n) is 10.5. The van der Waals surface area contributed by atoms with Gasteiger partial charge in [-0.3, -0.25) is 4.79 Å². The summed E-state index contributed by atoms with van der Waals surface area (Å²) in [5, 5.41) is 3.05. The van der Waals surface area contributed by atoms with Gasteiger partial charge >= 0.3 is 0 Å². The van der Waals surface area contributed by atoms with E-state index < -0.39 is 0 Å². The Bertz CT molecular complexity index is 438. The Morgan fingerprint density at radius 3 is 2.58 bits per heavy atom. The molecule has 2 rings (SSSR count). The van der Waals surface area contributed by atoms with E-state index >= 15 is 0 Å². The van der Waals surface area contributed by atoms with Gasteiger partial charge in [0.1, 0.15) is 0 Å². The van der Waals surface area contributed by atoms with Gasteiger partial charge in [0.2, 0.25) is 0 Å². The number of halogens is 3. The molecule has 0 radical (unpaired) electrons. The molecule has 0 aliphatic heterocycles. The van der Waals surface area contributed by atoms with Crippen LogP contribution in [0.1, 0.15) is 41.8 Å². The molecule has 0 spiro atoms. The molecule has 1 aliphatic rings. The Labute approximate surface area is 139 Å². The van der Waals surface area contributed by atoms with Crippen molar-refractivity contribution < 1.29 is 4.79 Å². The van der Waals surface area contributed by atoms with E-state index in [0.717, 1.165) is 26.0 Å². The maximum absolute atomic E-state index is 12.1. The number of alkyl halides is 1. The summed E-state index contributed by atoms with van der Waals surface area (Å²) < 4.78 is 1.87. The Morgan fingerprint density at radius 2 is 2.05 bits per heavy atom. The zero-order valence-corrected chi connectivity index (χ0v) is 15.2. The van der Waals surface area contributed by atoms with E-state index in [-0.39, 0.29) is 11.3 Å². The molecular weight excluding hydrogens is 413 g/mol. The molecule has 1 amide bonds. The fourth-order valence-electron chi connectivity index (χ4n) is 2.47. The van der Waals surface area contributed by atoms with Crippen molar-refractivity contribution in [2.75, 3.05) is 12.4 Å². The predicted molar refractivity (Wildman–Crippen MR) is 88.3 cm³/mol. The molecule has 1 N–H and O–H groups in total. The van der Waals surface area contributed by atoms with Gasteiger partial charge in [0.25, 0.3) is 5.91 Å². The largest absolute Gasteiger partial charge is 0.351 e. The van der Waals surface area contributed by atoms with Crippen molar-refractivity contribution in [1.82, 2.24) is 5.32 Å². The Kier molecular flexibility index (Phi) is 5.76. The molecule has 1 aromatic rings. The highest BCUT2D eigenvalue weighted by Crippen LogP contribution is 2.37. The molecular formula is C13H16Br2ClNOS. The lowest BCUT2D eigenvalue weighted by Crippen LogP contribution is -2.40. The van der Waals surface area contributed by atoms with E-state index in [2.05, 4.69) is 37.2 Å². The van der Waals surface area contributed by atoms with Gasteiger partial charge in [0.15, 0.2) is 0 Å². The summed E-state index contributed by atoms with van der Waals surface area (Å²) in [5.41, 5.74) is 0.0984. The summed E-state index contributed by atoms with van der Waals surface area (Å²) >= 11 is 14.4. The van der Waals surface area contributed by atoms with E-state index in [1.54, 1.807) is 0 Å². The van der Waals surface area contributed by atoms with E-state index in [1.807, 2.05) is 6.07 Å². The van der Waals surface area contributed by atoms with E-state index in [1.165, 1.54) is 30.6 Å². The maximum atomic E-state index is 12.1. The molecule has 0 bridgehead atoms. The van der Waals surface area contributed by atoms with Gasteiger partial charge in [-0.2, -0.15) is 0 Å². The van der Waals surface area contributed by atoms with Crippen LogP contribution in [-0.2, 0) is 0 Å². The Morgan fingerprint density at radius 1 is 1.37 bits per heavy atom. The number of carbonyl (C=O) groups is 1. The average Bonchev–Trinajstić information content (AvgIpc) is 2.77. The smallest absolute Gasteiger partial charge is 0.261 e. The first-order valence-electron chi connectivity index (χ1n) is 6.35. The molecule has 6 heteroatoms. The first-order chi connectivity index (χ1) is 9.06. The molecule has 1 heterocycles. The summed E-state index contributed by atoms with van der Waals surface area (Å²) in [7, 11) is 0. The maximum Gasteiger partial charge on any atom is 0.261 e. The van der Waals surface area contributed by atoms with Gasteiger partial charge in [-0.15, -0.1) is 22.9 Å². The van der Waals surface area contributed by atoms with Gasteiger partial charge in [-0.25, -0.2) is 0 Å². The monoisotopic (exact) mass is 427 g/mol. The lowest BCUT2D eigenvalue weighted by molar-refractivity contribution is 0.0925. The number of carbonyl (C=O) groups excluding carboxylic acids is 1. The first kappa shape index (κ1) is 15.8.